The van der Waals surface area contributed by atoms with Gasteiger partial charge in [0.25, 0.3) is 0 Å². The second-order valence-electron chi connectivity index (χ2n) is 7.01. The van der Waals surface area contributed by atoms with Gasteiger partial charge in [-0.25, -0.2) is 13.5 Å². The van der Waals surface area contributed by atoms with Gasteiger partial charge < -0.3 is 10.2 Å². The second-order valence-corrected chi connectivity index (χ2v) is 7.01. The number of fused-ring (bicyclic) bond motifs is 1. The molecule has 0 amide bonds. The first kappa shape index (κ1) is 17.5. The van der Waals surface area contributed by atoms with Crippen molar-refractivity contribution >= 4 is 11.5 Å². The number of rotatable bonds is 3. The molecule has 4 nitrogen and oxygen atoms in total. The van der Waals surface area contributed by atoms with Gasteiger partial charge in [0.05, 0.1) is 5.69 Å². The first-order valence-corrected chi connectivity index (χ1v) is 9.13. The van der Waals surface area contributed by atoms with Gasteiger partial charge in [-0.2, -0.15) is 5.10 Å². The Morgan fingerprint density at radius 1 is 1.04 bits per heavy atom. The lowest BCUT2D eigenvalue weighted by Gasteiger charge is -2.12. The van der Waals surface area contributed by atoms with Crippen LogP contribution in [0.15, 0.2) is 42.5 Å². The van der Waals surface area contributed by atoms with Crippen molar-refractivity contribution in [3.05, 3.63) is 59.7 Å². The normalized spacial score (nSPS) is 13.6. The van der Waals surface area contributed by atoms with Gasteiger partial charge in [0.1, 0.15) is 17.3 Å². The molecule has 0 saturated carbocycles. The average Bonchev–Trinajstić information content (AvgIpc) is 2.83. The standard InChI is InChI=1S/C21H22F2N4/c1-26(2)16-9-6-14(7-10-16)20-17-5-3-4-12-24-21(17)27(25-20)19-11-8-15(22)13-18(19)23/h6-11,13,24H,3-5,12H2,1-2H3. The van der Waals surface area contributed by atoms with E-state index in [2.05, 4.69) is 5.32 Å². The fraction of sp³-hybridized carbons (Fsp3) is 0.286. The first-order chi connectivity index (χ1) is 13.0. The SMILES string of the molecule is CN(C)c1ccc(-c2nn(-c3ccc(F)cc3F)c3c2CCCCN3)cc1. The Bertz CT molecular complexity index is 961. The Labute approximate surface area is 157 Å². The van der Waals surface area contributed by atoms with Crippen molar-refractivity contribution in [3.8, 4) is 16.9 Å². The molecule has 0 bridgehead atoms. The summed E-state index contributed by atoms with van der Waals surface area (Å²) >= 11 is 0. The van der Waals surface area contributed by atoms with E-state index >= 15 is 0 Å². The van der Waals surface area contributed by atoms with Gasteiger partial charge in [-0.1, -0.05) is 12.1 Å². The fourth-order valence-electron chi connectivity index (χ4n) is 3.48. The van der Waals surface area contributed by atoms with E-state index in [4.69, 9.17) is 5.10 Å². The van der Waals surface area contributed by atoms with Crippen LogP contribution in [0.1, 0.15) is 18.4 Å². The van der Waals surface area contributed by atoms with Crippen molar-refractivity contribution in [2.45, 2.75) is 19.3 Å². The maximum Gasteiger partial charge on any atom is 0.151 e. The third-order valence-corrected chi connectivity index (χ3v) is 4.92. The van der Waals surface area contributed by atoms with E-state index in [-0.39, 0.29) is 5.69 Å². The number of benzene rings is 2. The number of anilines is 2. The molecule has 2 heterocycles. The van der Waals surface area contributed by atoms with Gasteiger partial charge >= 0.3 is 0 Å². The maximum absolute atomic E-state index is 14.4. The van der Waals surface area contributed by atoms with Crippen molar-refractivity contribution in [1.29, 1.82) is 0 Å². The number of hydrogen-bond acceptors (Lipinski definition) is 3. The fourth-order valence-corrected chi connectivity index (χ4v) is 3.48. The number of aromatic nitrogens is 2. The predicted molar refractivity (Wildman–Crippen MR) is 105 cm³/mol. The smallest absolute Gasteiger partial charge is 0.151 e. The zero-order valence-electron chi connectivity index (χ0n) is 15.5. The molecule has 1 aliphatic heterocycles. The monoisotopic (exact) mass is 368 g/mol. The molecule has 2 aromatic carbocycles. The molecule has 1 aliphatic rings. The van der Waals surface area contributed by atoms with Crippen LogP contribution in [0.4, 0.5) is 20.3 Å². The Morgan fingerprint density at radius 3 is 2.52 bits per heavy atom. The van der Waals surface area contributed by atoms with Crippen LogP contribution < -0.4 is 10.2 Å². The maximum atomic E-state index is 14.4. The van der Waals surface area contributed by atoms with E-state index in [9.17, 15) is 8.78 Å². The summed E-state index contributed by atoms with van der Waals surface area (Å²) in [5, 5.41) is 8.10. The van der Waals surface area contributed by atoms with Crippen LogP contribution in [0.3, 0.4) is 0 Å². The summed E-state index contributed by atoms with van der Waals surface area (Å²) in [6.07, 6.45) is 2.95. The summed E-state index contributed by atoms with van der Waals surface area (Å²) in [6.45, 7) is 0.806. The second kappa shape index (κ2) is 7.02. The summed E-state index contributed by atoms with van der Waals surface area (Å²) in [5.41, 5.74) is 4.26. The van der Waals surface area contributed by atoms with E-state index in [1.807, 2.05) is 43.3 Å². The molecule has 0 aliphatic carbocycles. The molecule has 1 N–H and O–H groups in total. The van der Waals surface area contributed by atoms with E-state index in [0.717, 1.165) is 60.2 Å². The highest BCUT2D eigenvalue weighted by Crippen LogP contribution is 2.35. The Morgan fingerprint density at radius 2 is 1.81 bits per heavy atom. The van der Waals surface area contributed by atoms with Crippen molar-refractivity contribution in [3.63, 3.8) is 0 Å². The molecule has 3 aromatic rings. The molecule has 0 unspecified atom stereocenters. The third kappa shape index (κ3) is 3.27. The Kier molecular flexibility index (Phi) is 4.56. The zero-order valence-corrected chi connectivity index (χ0v) is 15.5. The molecular weight excluding hydrogens is 346 g/mol. The Balaban J connectivity index is 1.86. The summed E-state index contributed by atoms with van der Waals surface area (Å²) < 4.78 is 29.4. The van der Waals surface area contributed by atoms with Crippen LogP contribution in [0, 0.1) is 11.6 Å². The zero-order chi connectivity index (χ0) is 19.0. The molecular formula is C21H22F2N4. The van der Waals surface area contributed by atoms with Crippen LogP contribution in [-0.4, -0.2) is 30.4 Å². The van der Waals surface area contributed by atoms with E-state index in [0.29, 0.717) is 0 Å². The Hall–Kier alpha value is -2.89. The average molecular weight is 368 g/mol. The minimum atomic E-state index is -0.624. The molecule has 0 spiro atoms. The van der Waals surface area contributed by atoms with Gasteiger partial charge in [-0.3, -0.25) is 0 Å². The number of nitrogens with zero attached hydrogens (tertiary/aromatic N) is 3. The van der Waals surface area contributed by atoms with Crippen molar-refractivity contribution in [2.24, 2.45) is 0 Å². The van der Waals surface area contributed by atoms with Crippen LogP contribution >= 0.6 is 0 Å². The largest absolute Gasteiger partial charge is 0.378 e. The number of halogens is 2. The van der Waals surface area contributed by atoms with Crippen molar-refractivity contribution in [1.82, 2.24) is 9.78 Å². The molecule has 6 heteroatoms. The lowest BCUT2D eigenvalue weighted by Crippen LogP contribution is -2.08. The van der Waals surface area contributed by atoms with Crippen molar-refractivity contribution < 1.29 is 8.78 Å². The van der Waals surface area contributed by atoms with Gasteiger partial charge in [-0.15, -0.1) is 0 Å². The third-order valence-electron chi connectivity index (χ3n) is 4.92. The molecule has 0 fully saturated rings. The minimum Gasteiger partial charge on any atom is -0.378 e. The van der Waals surface area contributed by atoms with Crippen molar-refractivity contribution in [2.75, 3.05) is 30.9 Å². The highest BCUT2D eigenvalue weighted by Gasteiger charge is 2.23. The number of nitrogens with one attached hydrogen (secondary N) is 1. The van der Waals surface area contributed by atoms with Gasteiger partial charge in [0.2, 0.25) is 0 Å². The summed E-state index contributed by atoms with van der Waals surface area (Å²) in [6, 6.07) is 11.7. The lowest BCUT2D eigenvalue weighted by atomic mass is 10.0. The quantitative estimate of drug-likeness (QED) is 0.732. The summed E-state index contributed by atoms with van der Waals surface area (Å²) in [5.74, 6) is -0.424. The van der Waals surface area contributed by atoms with Gasteiger partial charge in [-0.05, 0) is 43.5 Å². The van der Waals surface area contributed by atoms with Crippen LogP contribution in [0.2, 0.25) is 0 Å². The highest BCUT2D eigenvalue weighted by molar-refractivity contribution is 5.72. The minimum absolute atomic E-state index is 0.248. The molecule has 0 saturated heterocycles. The first-order valence-electron chi connectivity index (χ1n) is 9.13. The van der Waals surface area contributed by atoms with E-state index < -0.39 is 11.6 Å². The highest BCUT2D eigenvalue weighted by atomic mass is 19.1. The van der Waals surface area contributed by atoms with E-state index in [1.54, 1.807) is 4.68 Å². The molecule has 0 radical (unpaired) electrons. The molecule has 140 valence electrons. The lowest BCUT2D eigenvalue weighted by molar-refractivity contribution is 0.574. The molecule has 4 rings (SSSR count). The van der Waals surface area contributed by atoms with Crippen LogP contribution in [0.5, 0.6) is 0 Å². The van der Waals surface area contributed by atoms with Gasteiger partial charge in [0.15, 0.2) is 5.82 Å². The molecule has 1 aromatic heterocycles. The topological polar surface area (TPSA) is 33.1 Å². The molecule has 0 atom stereocenters. The van der Waals surface area contributed by atoms with E-state index in [1.165, 1.54) is 12.1 Å². The van der Waals surface area contributed by atoms with Gasteiger partial charge in [0, 0.05) is 43.5 Å². The predicted octanol–water partition coefficient (Wildman–Crippen LogP) is 4.63. The van der Waals surface area contributed by atoms with Crippen LogP contribution in [0.25, 0.3) is 16.9 Å². The molecule has 27 heavy (non-hydrogen) atoms. The number of hydrogen-bond donors (Lipinski definition) is 1. The summed E-state index contributed by atoms with van der Waals surface area (Å²) in [7, 11) is 3.99. The van der Waals surface area contributed by atoms with Crippen LogP contribution in [-0.2, 0) is 6.42 Å². The summed E-state index contributed by atoms with van der Waals surface area (Å²) in [4.78, 5) is 2.04.